The highest BCUT2D eigenvalue weighted by Crippen LogP contribution is 2.43. The Bertz CT molecular complexity index is 745. The maximum atomic E-state index is 12.6. The van der Waals surface area contributed by atoms with Crippen LogP contribution in [0.15, 0.2) is 17.0 Å². The van der Waals surface area contributed by atoms with Gasteiger partial charge >= 0.3 is 0 Å². The van der Waals surface area contributed by atoms with E-state index in [1.54, 1.807) is 24.0 Å². The summed E-state index contributed by atoms with van der Waals surface area (Å²) in [5.74, 6) is -0.218. The van der Waals surface area contributed by atoms with Gasteiger partial charge in [-0.1, -0.05) is 0 Å². The Kier molecular flexibility index (Phi) is 4.20. The zero-order valence-corrected chi connectivity index (χ0v) is 14.4. The molecule has 1 N–H and O–H groups in total. The van der Waals surface area contributed by atoms with Gasteiger partial charge in [0.1, 0.15) is 0 Å². The summed E-state index contributed by atoms with van der Waals surface area (Å²) in [6.45, 7) is 4.62. The maximum absolute atomic E-state index is 12.6. The van der Waals surface area contributed by atoms with Crippen molar-refractivity contribution in [1.29, 1.82) is 0 Å². The molecule has 6 nitrogen and oxygen atoms in total. The third-order valence-corrected chi connectivity index (χ3v) is 6.04. The normalized spacial score (nSPS) is 21.4. The van der Waals surface area contributed by atoms with Gasteiger partial charge in [-0.3, -0.25) is 4.79 Å². The Morgan fingerprint density at radius 1 is 1.43 bits per heavy atom. The van der Waals surface area contributed by atoms with Crippen LogP contribution in [0.1, 0.15) is 37.3 Å². The minimum absolute atomic E-state index is 0.0659. The van der Waals surface area contributed by atoms with Gasteiger partial charge in [-0.2, -0.15) is 0 Å². The maximum Gasteiger partial charge on any atom is 0.240 e. The lowest BCUT2D eigenvalue weighted by molar-refractivity contribution is -0.119. The molecule has 23 heavy (non-hydrogen) atoms. The van der Waals surface area contributed by atoms with E-state index in [0.29, 0.717) is 6.61 Å². The number of amides is 1. The van der Waals surface area contributed by atoms with E-state index in [9.17, 15) is 13.2 Å². The highest BCUT2D eigenvalue weighted by atomic mass is 32.2. The number of hydrogen-bond donors (Lipinski definition) is 1. The average molecular weight is 338 g/mol. The highest BCUT2D eigenvalue weighted by molar-refractivity contribution is 7.89. The lowest BCUT2D eigenvalue weighted by Crippen LogP contribution is -2.36. The number of carbonyl (C=O) groups is 1. The summed E-state index contributed by atoms with van der Waals surface area (Å²) in [5, 5.41) is 0. The molecule has 2 aliphatic heterocycles. The molecule has 1 aromatic carbocycles. The molecule has 126 valence electrons. The number of ether oxygens (including phenoxy) is 1. The van der Waals surface area contributed by atoms with E-state index in [0.717, 1.165) is 36.2 Å². The van der Waals surface area contributed by atoms with Crippen molar-refractivity contribution in [3.05, 3.63) is 23.3 Å². The molecule has 0 fully saturated rings. The number of rotatable bonds is 5. The summed E-state index contributed by atoms with van der Waals surface area (Å²) in [4.78, 5) is 14.4. The van der Waals surface area contributed by atoms with Gasteiger partial charge in [-0.15, -0.1) is 0 Å². The topological polar surface area (TPSA) is 75.7 Å². The number of sulfonamides is 1. The van der Waals surface area contributed by atoms with Crippen LogP contribution < -0.4 is 9.62 Å². The summed E-state index contributed by atoms with van der Waals surface area (Å²) in [5.41, 5.74) is 2.70. The molecular weight excluding hydrogens is 316 g/mol. The number of carbonyl (C=O) groups excluding carboxylic acids is 1. The predicted molar refractivity (Wildman–Crippen MR) is 87.2 cm³/mol. The first kappa shape index (κ1) is 16.4. The van der Waals surface area contributed by atoms with Crippen LogP contribution in [0.4, 0.5) is 5.69 Å². The monoisotopic (exact) mass is 338 g/mol. The highest BCUT2D eigenvalue weighted by Gasteiger charge is 2.38. The smallest absolute Gasteiger partial charge is 0.240 e. The summed E-state index contributed by atoms with van der Waals surface area (Å²) >= 11 is 0. The molecular formula is C16H22N2O4S. The molecule has 3 rings (SSSR count). The standard InChI is InChI=1S/C16H22N2O4S/c1-10(9-22-3)17-23(20,21)13-7-12-5-4-6-18-15(12)14(8-13)11(2)16(18)19/h7-8,10-11,17H,4-6,9H2,1-3H3/t10-,11-/m0/s1. The van der Waals surface area contributed by atoms with E-state index in [2.05, 4.69) is 4.72 Å². The quantitative estimate of drug-likeness (QED) is 0.880. The molecule has 2 heterocycles. The van der Waals surface area contributed by atoms with Crippen molar-refractivity contribution in [2.24, 2.45) is 0 Å². The van der Waals surface area contributed by atoms with Crippen LogP contribution in [0.5, 0.6) is 0 Å². The SMILES string of the molecule is COC[C@H](C)NS(=O)(=O)c1cc2c3c(c1)[C@H](C)C(=O)N3CCC2. The minimum atomic E-state index is -3.63. The average Bonchev–Trinajstić information content (AvgIpc) is 2.74. The van der Waals surface area contributed by atoms with Crippen molar-refractivity contribution < 1.29 is 17.9 Å². The number of hydrogen-bond acceptors (Lipinski definition) is 4. The Morgan fingerprint density at radius 3 is 2.87 bits per heavy atom. The Morgan fingerprint density at radius 2 is 2.17 bits per heavy atom. The van der Waals surface area contributed by atoms with Crippen molar-refractivity contribution in [1.82, 2.24) is 4.72 Å². The van der Waals surface area contributed by atoms with Crippen LogP contribution >= 0.6 is 0 Å². The third kappa shape index (κ3) is 2.77. The van der Waals surface area contributed by atoms with Gasteiger partial charge < -0.3 is 9.64 Å². The molecule has 0 unspecified atom stereocenters. The van der Waals surface area contributed by atoms with Crippen molar-refractivity contribution in [2.75, 3.05) is 25.2 Å². The minimum Gasteiger partial charge on any atom is -0.383 e. The molecule has 0 radical (unpaired) electrons. The molecule has 0 aromatic heterocycles. The largest absolute Gasteiger partial charge is 0.383 e. The van der Waals surface area contributed by atoms with E-state index in [-0.39, 0.29) is 22.8 Å². The van der Waals surface area contributed by atoms with E-state index in [1.807, 2.05) is 6.92 Å². The van der Waals surface area contributed by atoms with Crippen LogP contribution in [0.2, 0.25) is 0 Å². The second kappa shape index (κ2) is 5.89. The summed E-state index contributed by atoms with van der Waals surface area (Å²) in [7, 11) is -2.10. The van der Waals surface area contributed by atoms with E-state index >= 15 is 0 Å². The molecule has 7 heteroatoms. The number of nitrogens with zero attached hydrogens (tertiary/aromatic N) is 1. The predicted octanol–water partition coefficient (Wildman–Crippen LogP) is 1.40. The van der Waals surface area contributed by atoms with Crippen LogP contribution in [-0.2, 0) is 26.0 Å². The summed E-state index contributed by atoms with van der Waals surface area (Å²) in [6, 6.07) is 3.04. The molecule has 0 saturated carbocycles. The van der Waals surface area contributed by atoms with Crippen molar-refractivity contribution in [3.8, 4) is 0 Å². The molecule has 1 aromatic rings. The van der Waals surface area contributed by atoms with Crippen LogP contribution in [0.25, 0.3) is 0 Å². The Hall–Kier alpha value is -1.44. The lowest BCUT2D eigenvalue weighted by Gasteiger charge is -2.26. The van der Waals surface area contributed by atoms with Gasteiger partial charge in [0.05, 0.1) is 23.1 Å². The van der Waals surface area contributed by atoms with Crippen LogP contribution in [0, 0.1) is 0 Å². The van der Waals surface area contributed by atoms with Gasteiger partial charge in [0.25, 0.3) is 0 Å². The number of aryl methyl sites for hydroxylation is 1. The molecule has 2 aliphatic rings. The van der Waals surface area contributed by atoms with Crippen molar-refractivity contribution in [2.45, 2.75) is 43.5 Å². The Balaban J connectivity index is 2.02. The number of anilines is 1. The molecule has 0 bridgehead atoms. The van der Waals surface area contributed by atoms with Gasteiger partial charge in [-0.25, -0.2) is 13.1 Å². The zero-order chi connectivity index (χ0) is 16.8. The van der Waals surface area contributed by atoms with Gasteiger partial charge in [0, 0.05) is 19.7 Å². The van der Waals surface area contributed by atoms with E-state index in [4.69, 9.17) is 4.74 Å². The van der Waals surface area contributed by atoms with E-state index < -0.39 is 10.0 Å². The van der Waals surface area contributed by atoms with Crippen molar-refractivity contribution in [3.63, 3.8) is 0 Å². The molecule has 0 aliphatic carbocycles. The van der Waals surface area contributed by atoms with Gasteiger partial charge in [0.2, 0.25) is 15.9 Å². The number of methoxy groups -OCH3 is 1. The first-order valence-electron chi connectivity index (χ1n) is 7.84. The molecule has 2 atom stereocenters. The zero-order valence-electron chi connectivity index (χ0n) is 13.6. The van der Waals surface area contributed by atoms with Gasteiger partial charge in [-0.05, 0) is 49.9 Å². The molecule has 0 spiro atoms. The molecule has 0 saturated heterocycles. The fourth-order valence-corrected chi connectivity index (χ4v) is 4.75. The second-order valence-electron chi connectivity index (χ2n) is 6.31. The summed E-state index contributed by atoms with van der Waals surface area (Å²) < 4.78 is 32.8. The van der Waals surface area contributed by atoms with E-state index in [1.165, 1.54) is 7.11 Å². The summed E-state index contributed by atoms with van der Waals surface area (Å²) in [6.07, 6.45) is 1.66. The van der Waals surface area contributed by atoms with Crippen LogP contribution in [-0.4, -0.2) is 40.6 Å². The van der Waals surface area contributed by atoms with Gasteiger partial charge in [0.15, 0.2) is 0 Å². The number of benzene rings is 1. The number of nitrogens with one attached hydrogen (secondary N) is 1. The fourth-order valence-electron chi connectivity index (χ4n) is 3.44. The second-order valence-corrected chi connectivity index (χ2v) is 8.03. The van der Waals surface area contributed by atoms with Crippen molar-refractivity contribution >= 4 is 21.6 Å². The first-order chi connectivity index (χ1) is 10.8. The first-order valence-corrected chi connectivity index (χ1v) is 9.33. The molecule has 1 amide bonds. The lowest BCUT2D eigenvalue weighted by atomic mass is 9.97. The third-order valence-electron chi connectivity index (χ3n) is 4.48. The van der Waals surface area contributed by atoms with Crippen LogP contribution in [0.3, 0.4) is 0 Å². The Labute approximate surface area is 136 Å². The fraction of sp³-hybridized carbons (Fsp3) is 0.562.